The van der Waals surface area contributed by atoms with Crippen molar-refractivity contribution < 1.29 is 14.3 Å². The molecule has 0 saturated heterocycles. The molecule has 1 heterocycles. The van der Waals surface area contributed by atoms with Gasteiger partial charge in [0.15, 0.2) is 0 Å². The Kier molecular flexibility index (Phi) is 6.58. The summed E-state index contributed by atoms with van der Waals surface area (Å²) < 4.78 is 5.29. The van der Waals surface area contributed by atoms with Gasteiger partial charge in [-0.05, 0) is 49.2 Å². The lowest BCUT2D eigenvalue weighted by Gasteiger charge is -2.45. The molecule has 1 aliphatic carbocycles. The second-order valence-electron chi connectivity index (χ2n) is 8.16. The number of para-hydroxylation sites is 1. The third kappa shape index (κ3) is 4.82. The van der Waals surface area contributed by atoms with E-state index in [1.807, 2.05) is 30.3 Å². The quantitative estimate of drug-likeness (QED) is 0.509. The Morgan fingerprint density at radius 3 is 2.39 bits per heavy atom. The van der Waals surface area contributed by atoms with Crippen LogP contribution in [0, 0.1) is 0 Å². The number of nitrogens with one attached hydrogen (secondary N) is 2. The van der Waals surface area contributed by atoms with E-state index in [0.29, 0.717) is 35.8 Å². The summed E-state index contributed by atoms with van der Waals surface area (Å²) in [6.07, 6.45) is 3.76. The molecule has 1 fully saturated rings. The number of anilines is 3. The van der Waals surface area contributed by atoms with Crippen molar-refractivity contribution >= 4 is 29.1 Å². The lowest BCUT2D eigenvalue weighted by molar-refractivity contribution is -0.128. The van der Waals surface area contributed by atoms with Gasteiger partial charge >= 0.3 is 0 Å². The molecule has 4 rings (SSSR count). The van der Waals surface area contributed by atoms with Crippen LogP contribution >= 0.6 is 0 Å². The van der Waals surface area contributed by atoms with Crippen LogP contribution in [-0.2, 0) is 16.0 Å². The van der Waals surface area contributed by atoms with E-state index in [4.69, 9.17) is 10.5 Å². The van der Waals surface area contributed by atoms with Crippen LogP contribution in [0.25, 0.3) is 0 Å². The maximum Gasteiger partial charge on any atom is 0.250 e. The molecule has 0 radical (unpaired) electrons. The Balaban J connectivity index is 1.74. The molecule has 4 N–H and O–H groups in total. The lowest BCUT2D eigenvalue weighted by atomic mass is 9.78. The first kappa shape index (κ1) is 22.3. The highest BCUT2D eigenvalue weighted by Gasteiger charge is 2.48. The molecule has 3 aromatic rings. The number of nitrogen functional groups attached to an aromatic ring is 1. The number of aromatic nitrogens is 3. The highest BCUT2D eigenvalue weighted by molar-refractivity contribution is 6.08. The fourth-order valence-corrected chi connectivity index (χ4v) is 4.43. The second-order valence-corrected chi connectivity index (χ2v) is 8.16. The number of methoxy groups -OCH3 is 1. The number of benzene rings is 2. The van der Waals surface area contributed by atoms with Gasteiger partial charge in [0.1, 0.15) is 17.1 Å². The van der Waals surface area contributed by atoms with Crippen molar-refractivity contribution in [2.75, 3.05) is 23.1 Å². The summed E-state index contributed by atoms with van der Waals surface area (Å²) in [5, 5.41) is 9.55. The fraction of sp³-hybridized carbons (Fsp3) is 0.333. The van der Waals surface area contributed by atoms with Gasteiger partial charge in [0.05, 0.1) is 13.5 Å². The van der Waals surface area contributed by atoms with E-state index in [9.17, 15) is 9.59 Å². The monoisotopic (exact) mass is 448 g/mol. The fourth-order valence-electron chi connectivity index (χ4n) is 4.43. The van der Waals surface area contributed by atoms with E-state index in [2.05, 4.69) is 20.5 Å². The first-order valence-electron chi connectivity index (χ1n) is 11.0. The SMILES string of the molecule is COc1ccc(N(C(=O)Cc2nc(N)n[nH]2)C2(C(=O)Nc3ccccc3)CCCCC2)cc1. The molecular weight excluding hydrogens is 420 g/mol. The standard InChI is InChI=1S/C24H28N6O3/c1-33-19-12-10-18(11-13-19)30(21(31)16-20-27-23(25)29-28-20)24(14-6-3-7-15-24)22(32)26-17-8-4-2-5-9-17/h2,4-5,8-13H,3,6-7,14-16H2,1H3,(H,26,32)(H3,25,27,28,29). The van der Waals surface area contributed by atoms with Gasteiger partial charge in [-0.25, -0.2) is 0 Å². The molecule has 0 spiro atoms. The van der Waals surface area contributed by atoms with Gasteiger partial charge in [-0.1, -0.05) is 37.5 Å². The van der Waals surface area contributed by atoms with Crippen molar-refractivity contribution in [3.05, 3.63) is 60.4 Å². The molecule has 9 heteroatoms. The minimum atomic E-state index is -1.04. The molecule has 33 heavy (non-hydrogen) atoms. The molecule has 2 aromatic carbocycles. The lowest BCUT2D eigenvalue weighted by Crippen LogP contribution is -2.61. The number of hydrogen-bond acceptors (Lipinski definition) is 6. The van der Waals surface area contributed by atoms with Crippen LogP contribution in [0.15, 0.2) is 54.6 Å². The predicted molar refractivity (Wildman–Crippen MR) is 126 cm³/mol. The Morgan fingerprint density at radius 2 is 1.79 bits per heavy atom. The second kappa shape index (κ2) is 9.72. The molecule has 0 atom stereocenters. The molecule has 0 unspecified atom stereocenters. The van der Waals surface area contributed by atoms with Crippen LogP contribution in [-0.4, -0.2) is 39.6 Å². The number of carbonyl (C=O) groups excluding carboxylic acids is 2. The van der Waals surface area contributed by atoms with Crippen molar-refractivity contribution in [1.82, 2.24) is 15.2 Å². The third-order valence-corrected chi connectivity index (χ3v) is 6.01. The number of carbonyl (C=O) groups is 2. The first-order valence-corrected chi connectivity index (χ1v) is 11.0. The van der Waals surface area contributed by atoms with Crippen molar-refractivity contribution in [3.63, 3.8) is 0 Å². The first-order chi connectivity index (χ1) is 16.0. The molecular formula is C24H28N6O3. The predicted octanol–water partition coefficient (Wildman–Crippen LogP) is 3.31. The highest BCUT2D eigenvalue weighted by Crippen LogP contribution is 2.39. The number of nitrogens with two attached hydrogens (primary N) is 1. The van der Waals surface area contributed by atoms with Crippen LogP contribution in [0.2, 0.25) is 0 Å². The van der Waals surface area contributed by atoms with Gasteiger partial charge in [-0.2, -0.15) is 4.98 Å². The number of ether oxygens (including phenoxy) is 1. The van der Waals surface area contributed by atoms with E-state index in [0.717, 1.165) is 19.3 Å². The van der Waals surface area contributed by atoms with E-state index in [-0.39, 0.29) is 24.2 Å². The number of rotatable bonds is 7. The van der Waals surface area contributed by atoms with Crippen molar-refractivity contribution in [2.45, 2.75) is 44.1 Å². The highest BCUT2D eigenvalue weighted by atomic mass is 16.5. The smallest absolute Gasteiger partial charge is 0.250 e. The van der Waals surface area contributed by atoms with Gasteiger partial charge in [-0.3, -0.25) is 19.6 Å². The third-order valence-electron chi connectivity index (χ3n) is 6.01. The molecule has 1 aromatic heterocycles. The van der Waals surface area contributed by atoms with E-state index < -0.39 is 5.54 Å². The topological polar surface area (TPSA) is 126 Å². The molecule has 2 amide bonds. The van der Waals surface area contributed by atoms with E-state index in [1.54, 1.807) is 36.3 Å². The number of nitrogens with zero attached hydrogens (tertiary/aromatic N) is 3. The Bertz CT molecular complexity index is 1090. The minimum absolute atomic E-state index is 0.0589. The minimum Gasteiger partial charge on any atom is -0.497 e. The van der Waals surface area contributed by atoms with E-state index >= 15 is 0 Å². The average molecular weight is 449 g/mol. The molecule has 0 bridgehead atoms. The normalized spacial score (nSPS) is 14.9. The van der Waals surface area contributed by atoms with Gasteiger partial charge in [0.2, 0.25) is 11.9 Å². The largest absolute Gasteiger partial charge is 0.497 e. The molecule has 0 aliphatic heterocycles. The Morgan fingerprint density at radius 1 is 1.09 bits per heavy atom. The zero-order chi connectivity index (χ0) is 23.3. The number of H-pyrrole nitrogens is 1. The van der Waals surface area contributed by atoms with Crippen LogP contribution in [0.5, 0.6) is 5.75 Å². The summed E-state index contributed by atoms with van der Waals surface area (Å²) in [6, 6.07) is 16.5. The molecule has 1 aliphatic rings. The molecule has 1 saturated carbocycles. The van der Waals surface area contributed by atoms with Gasteiger partial charge < -0.3 is 15.8 Å². The van der Waals surface area contributed by atoms with Crippen LogP contribution in [0.1, 0.15) is 37.9 Å². The molecule has 172 valence electrons. The van der Waals surface area contributed by atoms with Gasteiger partial charge in [-0.15, -0.1) is 5.10 Å². The van der Waals surface area contributed by atoms with Crippen LogP contribution in [0.4, 0.5) is 17.3 Å². The maximum atomic E-state index is 13.8. The summed E-state index contributed by atoms with van der Waals surface area (Å²) in [6.45, 7) is 0. The van der Waals surface area contributed by atoms with E-state index in [1.165, 1.54) is 0 Å². The zero-order valence-electron chi connectivity index (χ0n) is 18.6. The maximum absolute atomic E-state index is 13.8. The number of amides is 2. The summed E-state index contributed by atoms with van der Waals surface area (Å²) in [4.78, 5) is 33.2. The summed E-state index contributed by atoms with van der Waals surface area (Å²) in [5.41, 5.74) is 5.90. The zero-order valence-corrected chi connectivity index (χ0v) is 18.6. The molecule has 9 nitrogen and oxygen atoms in total. The summed E-state index contributed by atoms with van der Waals surface area (Å²) >= 11 is 0. The Hall–Kier alpha value is -3.88. The summed E-state index contributed by atoms with van der Waals surface area (Å²) in [5.74, 6) is 0.630. The van der Waals surface area contributed by atoms with Crippen LogP contribution in [0.3, 0.4) is 0 Å². The van der Waals surface area contributed by atoms with Gasteiger partial charge in [0.25, 0.3) is 5.91 Å². The number of aromatic amines is 1. The Labute approximate surface area is 192 Å². The average Bonchev–Trinajstić information content (AvgIpc) is 3.25. The van der Waals surface area contributed by atoms with Crippen molar-refractivity contribution in [1.29, 1.82) is 0 Å². The number of hydrogen-bond donors (Lipinski definition) is 3. The van der Waals surface area contributed by atoms with Crippen LogP contribution < -0.4 is 20.7 Å². The van der Waals surface area contributed by atoms with Crippen molar-refractivity contribution in [2.24, 2.45) is 0 Å². The van der Waals surface area contributed by atoms with Crippen molar-refractivity contribution in [3.8, 4) is 5.75 Å². The summed E-state index contributed by atoms with van der Waals surface area (Å²) in [7, 11) is 1.59. The van der Waals surface area contributed by atoms with Gasteiger partial charge in [0, 0.05) is 11.4 Å².